The highest BCUT2D eigenvalue weighted by atomic mass is 16.6. The van der Waals surface area contributed by atoms with E-state index in [0.29, 0.717) is 6.61 Å². The van der Waals surface area contributed by atoms with Gasteiger partial charge in [0.15, 0.2) is 17.6 Å². The molecule has 4 nitrogen and oxygen atoms in total. The molecular formula is C11H17B5N2O2. The topological polar surface area (TPSA) is 42.8 Å². The number of rotatable bonds is 1. The van der Waals surface area contributed by atoms with Crippen LogP contribution >= 0.6 is 0 Å². The largest absolute Gasteiger partial charge is 0.485 e. The summed E-state index contributed by atoms with van der Waals surface area (Å²) in [5.74, 6) is 2.49. The van der Waals surface area contributed by atoms with E-state index in [9.17, 15) is 0 Å². The van der Waals surface area contributed by atoms with Crippen LogP contribution in [0.15, 0.2) is 23.2 Å². The van der Waals surface area contributed by atoms with Crippen molar-refractivity contribution in [1.29, 1.82) is 0 Å². The van der Waals surface area contributed by atoms with Crippen LogP contribution in [-0.2, 0) is 0 Å². The molecule has 1 aromatic rings. The Kier molecular flexibility index (Phi) is 2.92. The third kappa shape index (κ3) is 2.13. The molecule has 1 atom stereocenters. The number of ether oxygens (including phenoxy) is 2. The predicted molar refractivity (Wildman–Crippen MR) is 94.7 cm³/mol. The fourth-order valence-corrected chi connectivity index (χ4v) is 2.41. The summed E-state index contributed by atoms with van der Waals surface area (Å²) in [7, 11) is 10.6. The standard InChI is InChI=1S/C11H17B5N2O2/c12-5-1-2-6-7(3-5)20-8(4-19-6)9-17-10(13,14)11(15,16)18-9/h1-3,8H,4,12-16H2,(H,17,18). The maximum absolute atomic E-state index is 6.07. The molecule has 0 fully saturated rings. The van der Waals surface area contributed by atoms with Crippen molar-refractivity contribution in [2.45, 2.75) is 16.8 Å². The van der Waals surface area contributed by atoms with Crippen molar-refractivity contribution in [3.05, 3.63) is 18.2 Å². The molecule has 98 valence electrons. The van der Waals surface area contributed by atoms with Crippen molar-refractivity contribution < 1.29 is 9.47 Å². The van der Waals surface area contributed by atoms with E-state index in [1.165, 1.54) is 0 Å². The second-order valence-corrected chi connectivity index (χ2v) is 6.67. The van der Waals surface area contributed by atoms with Gasteiger partial charge in [0.1, 0.15) is 51.7 Å². The number of nitrogens with one attached hydrogen (secondary N) is 1. The first-order valence-electron chi connectivity index (χ1n) is 7.06. The van der Waals surface area contributed by atoms with Gasteiger partial charge in [0.25, 0.3) is 0 Å². The molecule has 0 aliphatic carbocycles. The number of fused-ring (bicyclic) bond motifs is 1. The molecule has 9 heteroatoms. The van der Waals surface area contributed by atoms with Gasteiger partial charge in [0, 0.05) is 5.34 Å². The third-order valence-electron chi connectivity index (χ3n) is 4.43. The van der Waals surface area contributed by atoms with E-state index in [0.717, 1.165) is 22.8 Å². The zero-order chi connectivity index (χ0) is 14.5. The van der Waals surface area contributed by atoms with Gasteiger partial charge >= 0.3 is 0 Å². The minimum atomic E-state index is -0.162. The van der Waals surface area contributed by atoms with Gasteiger partial charge in [0.2, 0.25) is 0 Å². The minimum absolute atomic E-state index is 0.0847. The summed E-state index contributed by atoms with van der Waals surface area (Å²) in [6.07, 6.45) is -0.162. The maximum Gasteiger partial charge on any atom is 0.189 e. The van der Waals surface area contributed by atoms with Crippen LogP contribution in [-0.4, -0.2) is 68.5 Å². The summed E-state index contributed by atoms with van der Waals surface area (Å²) in [6.45, 7) is 0.494. The van der Waals surface area contributed by atoms with Crippen LogP contribution in [0.1, 0.15) is 0 Å². The van der Waals surface area contributed by atoms with Gasteiger partial charge < -0.3 is 14.8 Å². The Labute approximate surface area is 124 Å². The number of amidine groups is 1. The van der Waals surface area contributed by atoms with Crippen LogP contribution in [0, 0.1) is 0 Å². The van der Waals surface area contributed by atoms with Crippen LogP contribution in [0.2, 0.25) is 0 Å². The fourth-order valence-electron chi connectivity index (χ4n) is 2.41. The first-order chi connectivity index (χ1) is 9.28. The SMILES string of the molecule is Bc1ccc2c(c1)OC(C1=NC(B)(B)C(B)(B)N1)CO2. The summed E-state index contributed by atoms with van der Waals surface area (Å²) >= 11 is 0. The maximum atomic E-state index is 6.07. The van der Waals surface area contributed by atoms with E-state index in [1.807, 2.05) is 26.0 Å². The van der Waals surface area contributed by atoms with E-state index >= 15 is 0 Å². The van der Waals surface area contributed by atoms with Crippen molar-refractivity contribution in [3.8, 4) is 11.5 Å². The molecule has 0 bridgehead atoms. The Hall–Kier alpha value is -1.39. The van der Waals surface area contributed by atoms with Gasteiger partial charge in [0.05, 0.1) is 0 Å². The zero-order valence-electron chi connectivity index (χ0n) is 12.8. The van der Waals surface area contributed by atoms with Crippen LogP contribution < -0.4 is 20.3 Å². The molecule has 2 heterocycles. The molecule has 0 aromatic heterocycles. The second kappa shape index (κ2) is 4.30. The minimum Gasteiger partial charge on any atom is -0.485 e. The summed E-state index contributed by atoms with van der Waals surface area (Å²) in [5, 5.41) is 3.24. The van der Waals surface area contributed by atoms with E-state index < -0.39 is 0 Å². The van der Waals surface area contributed by atoms with Crippen molar-refractivity contribution in [3.63, 3.8) is 0 Å². The number of benzene rings is 1. The van der Waals surface area contributed by atoms with Gasteiger partial charge in [-0.1, -0.05) is 11.5 Å². The number of aliphatic imine (C=N–C) groups is 1. The molecule has 1 aromatic carbocycles. The summed E-state index contributed by atoms with van der Waals surface area (Å²) in [4.78, 5) is 4.79. The van der Waals surface area contributed by atoms with Gasteiger partial charge in [-0.2, -0.15) is 0 Å². The average Bonchev–Trinajstić information content (AvgIpc) is 2.57. The number of hydrogen-bond acceptors (Lipinski definition) is 4. The Morgan fingerprint density at radius 2 is 1.95 bits per heavy atom. The molecule has 2 aliphatic rings. The number of hydrogen-bond donors (Lipinski definition) is 1. The highest BCUT2D eigenvalue weighted by Gasteiger charge is 2.44. The first kappa shape index (κ1) is 13.6. The van der Waals surface area contributed by atoms with Crippen molar-refractivity contribution in [2.24, 2.45) is 4.99 Å². The van der Waals surface area contributed by atoms with E-state index in [-0.39, 0.29) is 16.8 Å². The molecule has 1 unspecified atom stereocenters. The normalized spacial score (nSPS) is 25.6. The lowest BCUT2D eigenvalue weighted by Crippen LogP contribution is -2.61. The molecular weight excluding hydrogens is 246 g/mol. The Balaban J connectivity index is 1.85. The lowest BCUT2D eigenvalue weighted by molar-refractivity contribution is 0.133. The molecule has 2 aliphatic heterocycles. The van der Waals surface area contributed by atoms with Gasteiger partial charge in [-0.3, -0.25) is 4.99 Å². The highest BCUT2D eigenvalue weighted by molar-refractivity contribution is 6.56. The highest BCUT2D eigenvalue weighted by Crippen LogP contribution is 2.31. The molecule has 0 saturated heterocycles. The van der Waals surface area contributed by atoms with Gasteiger partial charge in [-0.15, -0.1) is 0 Å². The molecule has 1 N–H and O–H groups in total. The zero-order valence-corrected chi connectivity index (χ0v) is 12.8. The molecule has 3 rings (SSSR count). The summed E-state index contributed by atoms with van der Waals surface area (Å²) in [5.41, 5.74) is 1.16. The third-order valence-corrected chi connectivity index (χ3v) is 4.43. The molecule has 20 heavy (non-hydrogen) atoms. The molecule has 0 radical (unpaired) electrons. The van der Waals surface area contributed by atoms with Gasteiger partial charge in [-0.25, -0.2) is 0 Å². The fraction of sp³-hybridized carbons (Fsp3) is 0.364. The van der Waals surface area contributed by atoms with Crippen LogP contribution in [0.3, 0.4) is 0 Å². The lowest BCUT2D eigenvalue weighted by Gasteiger charge is -2.34. The second-order valence-electron chi connectivity index (χ2n) is 6.67. The summed E-state index contributed by atoms with van der Waals surface area (Å²) < 4.78 is 11.9. The molecule has 0 amide bonds. The average molecular weight is 263 g/mol. The molecule has 0 saturated carbocycles. The van der Waals surface area contributed by atoms with Crippen LogP contribution in [0.4, 0.5) is 0 Å². The Morgan fingerprint density at radius 3 is 2.60 bits per heavy atom. The van der Waals surface area contributed by atoms with E-state index in [1.54, 1.807) is 0 Å². The van der Waals surface area contributed by atoms with Crippen molar-refractivity contribution >= 4 is 50.5 Å². The van der Waals surface area contributed by atoms with E-state index in [2.05, 4.69) is 36.7 Å². The van der Waals surface area contributed by atoms with Crippen LogP contribution in [0.25, 0.3) is 0 Å². The lowest BCUT2D eigenvalue weighted by atomic mass is 9.39. The van der Waals surface area contributed by atoms with Gasteiger partial charge in [-0.05, 0) is 17.5 Å². The van der Waals surface area contributed by atoms with Crippen molar-refractivity contribution in [2.75, 3.05) is 6.61 Å². The van der Waals surface area contributed by atoms with Crippen LogP contribution in [0.5, 0.6) is 11.5 Å². The monoisotopic (exact) mass is 264 g/mol. The quantitative estimate of drug-likeness (QED) is 0.516. The molecule has 0 spiro atoms. The predicted octanol–water partition coefficient (Wildman–Crippen LogP) is -5.07. The summed E-state index contributed by atoms with van der Waals surface area (Å²) in [6, 6.07) is 5.99. The first-order valence-corrected chi connectivity index (χ1v) is 7.06. The van der Waals surface area contributed by atoms with Crippen molar-refractivity contribution in [1.82, 2.24) is 5.32 Å². The smallest absolute Gasteiger partial charge is 0.189 e. The number of nitrogens with zero attached hydrogens (tertiary/aromatic N) is 1. The Bertz CT molecular complexity index is 590. The Morgan fingerprint density at radius 1 is 1.20 bits per heavy atom. The van der Waals surface area contributed by atoms with E-state index in [4.69, 9.17) is 14.5 Å².